The lowest BCUT2D eigenvalue weighted by Gasteiger charge is -2.33. The van der Waals surface area contributed by atoms with Crippen LogP contribution in [0.4, 0.5) is 13.2 Å². The molecule has 2 atom stereocenters. The van der Waals surface area contributed by atoms with Gasteiger partial charge in [-0.25, -0.2) is 0 Å². The van der Waals surface area contributed by atoms with Crippen molar-refractivity contribution in [2.75, 3.05) is 6.61 Å². The maximum atomic E-state index is 12.6. The van der Waals surface area contributed by atoms with Gasteiger partial charge in [-0.15, -0.1) is 0 Å². The smallest absolute Gasteiger partial charge is 0.412 e. The van der Waals surface area contributed by atoms with Crippen LogP contribution < -0.4 is 0 Å². The van der Waals surface area contributed by atoms with Crippen LogP contribution in [0.1, 0.15) is 13.3 Å². The highest BCUT2D eigenvalue weighted by atomic mass is 19.4. The van der Waals surface area contributed by atoms with Crippen LogP contribution in [0.5, 0.6) is 0 Å². The second-order valence-electron chi connectivity index (χ2n) is 4.02. The maximum Gasteiger partial charge on any atom is 0.412 e. The Bertz CT molecular complexity index is 379. The van der Waals surface area contributed by atoms with Gasteiger partial charge < -0.3 is 4.74 Å². The van der Waals surface area contributed by atoms with Crippen molar-refractivity contribution in [3.63, 3.8) is 0 Å². The van der Waals surface area contributed by atoms with Crippen LogP contribution in [0, 0.1) is 11.8 Å². The zero-order valence-corrected chi connectivity index (χ0v) is 8.67. The van der Waals surface area contributed by atoms with Crippen molar-refractivity contribution >= 4 is 5.78 Å². The summed E-state index contributed by atoms with van der Waals surface area (Å²) in [6.45, 7) is 1.69. The zero-order chi connectivity index (χ0) is 11.9. The van der Waals surface area contributed by atoms with Gasteiger partial charge in [0.15, 0.2) is 0 Å². The van der Waals surface area contributed by atoms with Crippen LogP contribution in [-0.4, -0.2) is 18.6 Å². The van der Waals surface area contributed by atoms with E-state index in [1.165, 1.54) is 13.0 Å². The van der Waals surface area contributed by atoms with Crippen LogP contribution in [0.3, 0.4) is 0 Å². The Morgan fingerprint density at radius 2 is 2.06 bits per heavy atom. The molecule has 0 saturated carbocycles. The Morgan fingerprint density at radius 1 is 1.38 bits per heavy atom. The highest BCUT2D eigenvalue weighted by Gasteiger charge is 2.45. The van der Waals surface area contributed by atoms with Crippen LogP contribution >= 0.6 is 0 Å². The number of ether oxygens (including phenoxy) is 1. The van der Waals surface area contributed by atoms with E-state index in [0.717, 1.165) is 6.08 Å². The van der Waals surface area contributed by atoms with Crippen molar-refractivity contribution in [2.24, 2.45) is 11.8 Å². The molecule has 2 rings (SSSR count). The molecule has 0 amide bonds. The monoisotopic (exact) mass is 232 g/mol. The van der Waals surface area contributed by atoms with E-state index < -0.39 is 23.6 Å². The SMILES string of the molecule is CC1C(C(F)(F)F)=CC=C2OCCC(=O)C21. The number of allylic oxidation sites excluding steroid dienone is 4. The first-order valence-electron chi connectivity index (χ1n) is 5.05. The molecule has 0 N–H and O–H groups in total. The number of fused-ring (bicyclic) bond motifs is 1. The Kier molecular flexibility index (Phi) is 2.56. The molecule has 0 aromatic rings. The third-order valence-corrected chi connectivity index (χ3v) is 3.02. The van der Waals surface area contributed by atoms with Crippen LogP contribution in [0.15, 0.2) is 23.5 Å². The number of ketones is 1. The molecule has 16 heavy (non-hydrogen) atoms. The molecule has 1 fully saturated rings. The summed E-state index contributed by atoms with van der Waals surface area (Å²) in [5, 5.41) is 0. The summed E-state index contributed by atoms with van der Waals surface area (Å²) in [5.41, 5.74) is -0.653. The maximum absolute atomic E-state index is 12.6. The molecular formula is C11H11F3O2. The first-order valence-corrected chi connectivity index (χ1v) is 5.05. The first kappa shape index (κ1) is 11.2. The summed E-state index contributed by atoms with van der Waals surface area (Å²) in [6.07, 6.45) is -1.91. The van der Waals surface area contributed by atoms with E-state index in [0.29, 0.717) is 5.76 Å². The fourth-order valence-electron chi connectivity index (χ4n) is 2.21. The standard InChI is InChI=1S/C11H11F3O2/c1-6-7(11(12,13)14)2-3-9-10(6)8(15)4-5-16-9/h2-3,6,10H,4-5H2,1H3. The van der Waals surface area contributed by atoms with Gasteiger partial charge in [-0.05, 0) is 6.08 Å². The van der Waals surface area contributed by atoms with Gasteiger partial charge >= 0.3 is 6.18 Å². The molecule has 2 unspecified atom stereocenters. The van der Waals surface area contributed by atoms with E-state index in [1.54, 1.807) is 0 Å². The molecule has 2 aliphatic rings. The molecule has 0 aromatic carbocycles. The Labute approximate surface area is 90.8 Å². The van der Waals surface area contributed by atoms with Crippen molar-refractivity contribution in [2.45, 2.75) is 19.5 Å². The number of hydrogen-bond donors (Lipinski definition) is 0. The predicted molar refractivity (Wildman–Crippen MR) is 50.5 cm³/mol. The molecule has 5 heteroatoms. The normalized spacial score (nSPS) is 30.1. The van der Waals surface area contributed by atoms with E-state index in [1.807, 2.05) is 0 Å². The Hall–Kier alpha value is -1.26. The highest BCUT2D eigenvalue weighted by molar-refractivity contribution is 5.85. The average Bonchev–Trinajstić information content (AvgIpc) is 2.16. The zero-order valence-electron chi connectivity index (χ0n) is 8.67. The number of hydrogen-bond acceptors (Lipinski definition) is 2. The Morgan fingerprint density at radius 3 is 2.69 bits per heavy atom. The minimum absolute atomic E-state index is 0.167. The van der Waals surface area contributed by atoms with Crippen molar-refractivity contribution in [1.29, 1.82) is 0 Å². The van der Waals surface area contributed by atoms with Gasteiger partial charge in [0.05, 0.1) is 12.5 Å². The minimum Gasteiger partial charge on any atom is -0.497 e. The summed E-state index contributed by atoms with van der Waals surface area (Å²) in [4.78, 5) is 11.6. The predicted octanol–water partition coefficient (Wildman–Crippen LogP) is 2.61. The molecular weight excluding hydrogens is 221 g/mol. The van der Waals surface area contributed by atoms with Crippen molar-refractivity contribution in [3.8, 4) is 0 Å². The summed E-state index contributed by atoms with van der Waals surface area (Å²) in [6, 6.07) is 0. The minimum atomic E-state index is -4.38. The van der Waals surface area contributed by atoms with Crippen LogP contribution in [0.2, 0.25) is 0 Å². The third kappa shape index (κ3) is 1.74. The molecule has 0 radical (unpaired) electrons. The first-order chi connectivity index (χ1) is 7.41. The number of carbonyl (C=O) groups is 1. The molecule has 1 saturated heterocycles. The molecule has 1 aliphatic carbocycles. The summed E-state index contributed by atoms with van der Waals surface area (Å²) < 4.78 is 43.1. The van der Waals surface area contributed by atoms with Gasteiger partial charge in [-0.1, -0.05) is 13.0 Å². The lowest BCUT2D eigenvalue weighted by Crippen LogP contribution is -2.36. The van der Waals surface area contributed by atoms with Crippen molar-refractivity contribution in [1.82, 2.24) is 0 Å². The van der Waals surface area contributed by atoms with Gasteiger partial charge in [0.25, 0.3) is 0 Å². The van der Waals surface area contributed by atoms with Crippen LogP contribution in [-0.2, 0) is 9.53 Å². The molecule has 1 heterocycles. The molecule has 0 spiro atoms. The van der Waals surface area contributed by atoms with Crippen LogP contribution in [0.25, 0.3) is 0 Å². The molecule has 1 aliphatic heterocycles. The fourth-order valence-corrected chi connectivity index (χ4v) is 2.21. The van der Waals surface area contributed by atoms with E-state index >= 15 is 0 Å². The lowest BCUT2D eigenvalue weighted by molar-refractivity contribution is -0.130. The summed E-state index contributed by atoms with van der Waals surface area (Å²) in [7, 11) is 0. The molecule has 2 nitrogen and oxygen atoms in total. The van der Waals surface area contributed by atoms with Crippen molar-refractivity contribution < 1.29 is 22.7 Å². The van der Waals surface area contributed by atoms with E-state index in [9.17, 15) is 18.0 Å². The average molecular weight is 232 g/mol. The quantitative estimate of drug-likeness (QED) is 0.641. The number of carbonyl (C=O) groups excluding carboxylic acids is 1. The second-order valence-corrected chi connectivity index (χ2v) is 4.02. The fraction of sp³-hybridized carbons (Fsp3) is 0.545. The molecule has 0 aromatic heterocycles. The highest BCUT2D eigenvalue weighted by Crippen LogP contribution is 2.42. The number of Topliss-reactive ketones (excluding diaryl/α,β-unsaturated/α-hetero) is 1. The molecule has 88 valence electrons. The van der Waals surface area contributed by atoms with Gasteiger partial charge in [-0.3, -0.25) is 4.79 Å². The second kappa shape index (κ2) is 3.64. The van der Waals surface area contributed by atoms with E-state index in [4.69, 9.17) is 4.74 Å². The largest absolute Gasteiger partial charge is 0.497 e. The number of alkyl halides is 3. The number of rotatable bonds is 0. The Balaban J connectivity index is 2.37. The van der Waals surface area contributed by atoms with E-state index in [-0.39, 0.29) is 18.8 Å². The van der Waals surface area contributed by atoms with Gasteiger partial charge in [0, 0.05) is 17.9 Å². The molecule has 0 bridgehead atoms. The van der Waals surface area contributed by atoms with Crippen molar-refractivity contribution in [3.05, 3.63) is 23.5 Å². The van der Waals surface area contributed by atoms with E-state index in [2.05, 4.69) is 0 Å². The summed E-state index contributed by atoms with van der Waals surface area (Å²) >= 11 is 0. The lowest BCUT2D eigenvalue weighted by atomic mass is 9.77. The van der Waals surface area contributed by atoms with Gasteiger partial charge in [0.1, 0.15) is 11.5 Å². The summed E-state index contributed by atoms with van der Waals surface area (Å²) in [5.74, 6) is -1.40. The topological polar surface area (TPSA) is 26.3 Å². The third-order valence-electron chi connectivity index (χ3n) is 3.02. The van der Waals surface area contributed by atoms with Gasteiger partial charge in [0.2, 0.25) is 0 Å². The van der Waals surface area contributed by atoms with Gasteiger partial charge in [-0.2, -0.15) is 13.2 Å². The number of halogens is 3.